The minimum atomic E-state index is -0.418. The molecule has 0 bridgehead atoms. The van der Waals surface area contributed by atoms with Crippen LogP contribution in [-0.4, -0.2) is 16.6 Å². The van der Waals surface area contributed by atoms with E-state index in [4.69, 9.17) is 0 Å². The van der Waals surface area contributed by atoms with Gasteiger partial charge < -0.3 is 5.32 Å². The number of aryl methyl sites for hydroxylation is 1. The van der Waals surface area contributed by atoms with E-state index in [1.807, 2.05) is 25.1 Å². The highest BCUT2D eigenvalue weighted by Crippen LogP contribution is 2.27. The van der Waals surface area contributed by atoms with E-state index in [0.717, 1.165) is 22.4 Å². The van der Waals surface area contributed by atoms with Gasteiger partial charge in [0.05, 0.1) is 10.7 Å². The molecular weight excluding hydrogens is 336 g/mol. The minimum Gasteiger partial charge on any atom is -0.325 e. The van der Waals surface area contributed by atoms with Crippen molar-refractivity contribution in [2.45, 2.75) is 32.4 Å². The molecule has 0 unspecified atom stereocenters. The van der Waals surface area contributed by atoms with Crippen molar-refractivity contribution in [3.63, 3.8) is 0 Å². The first-order valence-electron chi connectivity index (χ1n) is 8.09. The highest BCUT2D eigenvalue weighted by molar-refractivity contribution is 7.99. The van der Waals surface area contributed by atoms with Gasteiger partial charge in [0.1, 0.15) is 0 Å². The maximum atomic E-state index is 12.3. The molecule has 1 N–H and O–H groups in total. The van der Waals surface area contributed by atoms with E-state index >= 15 is 0 Å². The molecule has 0 radical (unpaired) electrons. The van der Waals surface area contributed by atoms with E-state index in [2.05, 4.69) is 19.2 Å². The number of anilines is 1. The van der Waals surface area contributed by atoms with Gasteiger partial charge >= 0.3 is 0 Å². The second-order valence-electron chi connectivity index (χ2n) is 6.16. The highest BCUT2D eigenvalue weighted by Gasteiger charge is 2.12. The average Bonchev–Trinajstić information content (AvgIpc) is 2.57. The van der Waals surface area contributed by atoms with Crippen molar-refractivity contribution >= 4 is 29.0 Å². The van der Waals surface area contributed by atoms with Gasteiger partial charge in [-0.1, -0.05) is 44.2 Å². The number of non-ortho nitro benzene ring substituents is 1. The lowest BCUT2D eigenvalue weighted by molar-refractivity contribution is -0.384. The number of nitro groups is 1. The van der Waals surface area contributed by atoms with Crippen LogP contribution in [0.4, 0.5) is 11.4 Å². The molecule has 2 aromatic rings. The molecule has 0 atom stereocenters. The zero-order chi connectivity index (χ0) is 18.4. The Bertz CT molecular complexity index is 758. The van der Waals surface area contributed by atoms with Crippen LogP contribution in [-0.2, 0) is 10.5 Å². The predicted molar refractivity (Wildman–Crippen MR) is 103 cm³/mol. The summed E-state index contributed by atoms with van der Waals surface area (Å²) in [6.07, 6.45) is 0. The maximum Gasteiger partial charge on any atom is 0.269 e. The van der Waals surface area contributed by atoms with E-state index in [1.54, 1.807) is 12.1 Å². The molecule has 1 amide bonds. The van der Waals surface area contributed by atoms with Crippen LogP contribution in [0.2, 0.25) is 0 Å². The first-order chi connectivity index (χ1) is 11.9. The van der Waals surface area contributed by atoms with Crippen molar-refractivity contribution in [2.75, 3.05) is 11.1 Å². The number of hydrogen-bond donors (Lipinski definition) is 1. The summed E-state index contributed by atoms with van der Waals surface area (Å²) in [7, 11) is 0. The number of carbonyl (C=O) groups excluding carboxylic acids is 1. The Hall–Kier alpha value is -2.34. The number of hydrogen-bond acceptors (Lipinski definition) is 4. The molecule has 25 heavy (non-hydrogen) atoms. The van der Waals surface area contributed by atoms with Crippen molar-refractivity contribution in [1.82, 2.24) is 0 Å². The SMILES string of the molecule is Cc1cccc(C(C)C)c1NC(=O)CSCc1ccc([N+](=O)[O-])cc1. The fraction of sp³-hybridized carbons (Fsp3) is 0.316. The molecule has 0 spiro atoms. The van der Waals surface area contributed by atoms with Crippen molar-refractivity contribution in [2.24, 2.45) is 0 Å². The normalized spacial score (nSPS) is 10.7. The van der Waals surface area contributed by atoms with Crippen LogP contribution in [0.15, 0.2) is 42.5 Å². The lowest BCUT2D eigenvalue weighted by Crippen LogP contribution is -2.16. The number of benzene rings is 2. The Morgan fingerprint density at radius 1 is 1.20 bits per heavy atom. The number of para-hydroxylation sites is 1. The lowest BCUT2D eigenvalue weighted by atomic mass is 9.98. The summed E-state index contributed by atoms with van der Waals surface area (Å²) in [5.74, 6) is 1.27. The Morgan fingerprint density at radius 2 is 1.88 bits per heavy atom. The Balaban J connectivity index is 1.90. The van der Waals surface area contributed by atoms with Crippen LogP contribution in [0.1, 0.15) is 36.5 Å². The summed E-state index contributed by atoms with van der Waals surface area (Å²) in [5, 5.41) is 13.7. The third-order valence-electron chi connectivity index (χ3n) is 3.84. The Labute approximate surface area is 152 Å². The average molecular weight is 358 g/mol. The van der Waals surface area contributed by atoms with Crippen LogP contribution in [0.25, 0.3) is 0 Å². The molecule has 5 nitrogen and oxygen atoms in total. The molecule has 0 aromatic heterocycles. The quantitative estimate of drug-likeness (QED) is 0.564. The topological polar surface area (TPSA) is 72.2 Å². The number of nitro benzene ring substituents is 1. The van der Waals surface area contributed by atoms with E-state index in [9.17, 15) is 14.9 Å². The minimum absolute atomic E-state index is 0.0388. The van der Waals surface area contributed by atoms with Crippen molar-refractivity contribution in [3.05, 3.63) is 69.3 Å². The number of amides is 1. The van der Waals surface area contributed by atoms with E-state index in [0.29, 0.717) is 17.4 Å². The van der Waals surface area contributed by atoms with Crippen LogP contribution >= 0.6 is 11.8 Å². The van der Waals surface area contributed by atoms with Crippen molar-refractivity contribution in [1.29, 1.82) is 0 Å². The predicted octanol–water partition coefficient (Wildman–Crippen LogP) is 4.90. The summed E-state index contributed by atoms with van der Waals surface area (Å²) >= 11 is 1.49. The summed E-state index contributed by atoms with van der Waals surface area (Å²) in [6, 6.07) is 12.4. The summed E-state index contributed by atoms with van der Waals surface area (Å²) in [4.78, 5) is 22.5. The van der Waals surface area contributed by atoms with E-state index in [-0.39, 0.29) is 11.6 Å². The van der Waals surface area contributed by atoms with Crippen molar-refractivity contribution in [3.8, 4) is 0 Å². The highest BCUT2D eigenvalue weighted by atomic mass is 32.2. The summed E-state index contributed by atoms with van der Waals surface area (Å²) in [5.41, 5.74) is 4.13. The second kappa shape index (κ2) is 8.67. The molecule has 0 fully saturated rings. The van der Waals surface area contributed by atoms with Gasteiger partial charge in [0.15, 0.2) is 0 Å². The van der Waals surface area contributed by atoms with Crippen LogP contribution in [0, 0.1) is 17.0 Å². The third-order valence-corrected chi connectivity index (χ3v) is 4.84. The molecule has 0 heterocycles. The zero-order valence-corrected chi connectivity index (χ0v) is 15.4. The number of nitrogens with zero attached hydrogens (tertiary/aromatic N) is 1. The molecule has 0 saturated heterocycles. The van der Waals surface area contributed by atoms with Crippen molar-refractivity contribution < 1.29 is 9.72 Å². The van der Waals surface area contributed by atoms with Gasteiger partial charge in [0.2, 0.25) is 5.91 Å². The molecule has 2 rings (SSSR count). The van der Waals surface area contributed by atoms with Gasteiger partial charge in [-0.05, 0) is 29.5 Å². The van der Waals surface area contributed by atoms with E-state index in [1.165, 1.54) is 23.9 Å². The number of nitrogens with one attached hydrogen (secondary N) is 1. The van der Waals surface area contributed by atoms with Gasteiger partial charge in [-0.25, -0.2) is 0 Å². The molecule has 2 aromatic carbocycles. The lowest BCUT2D eigenvalue weighted by Gasteiger charge is -2.16. The first-order valence-corrected chi connectivity index (χ1v) is 9.24. The number of carbonyl (C=O) groups is 1. The number of thioether (sulfide) groups is 1. The maximum absolute atomic E-state index is 12.3. The molecular formula is C19H22N2O3S. The smallest absolute Gasteiger partial charge is 0.269 e. The molecule has 0 aliphatic carbocycles. The molecule has 132 valence electrons. The van der Waals surface area contributed by atoms with Gasteiger partial charge in [-0.2, -0.15) is 0 Å². The zero-order valence-electron chi connectivity index (χ0n) is 14.6. The van der Waals surface area contributed by atoms with E-state index < -0.39 is 4.92 Å². The Kier molecular flexibility index (Phi) is 6.58. The van der Waals surface area contributed by atoms with Crippen LogP contribution in [0.5, 0.6) is 0 Å². The van der Waals surface area contributed by atoms with Gasteiger partial charge in [-0.3, -0.25) is 14.9 Å². The number of rotatable bonds is 7. The molecule has 0 aliphatic heterocycles. The fourth-order valence-corrected chi connectivity index (χ4v) is 3.28. The van der Waals surface area contributed by atoms with Gasteiger partial charge in [0.25, 0.3) is 5.69 Å². The Morgan fingerprint density at radius 3 is 2.48 bits per heavy atom. The fourth-order valence-electron chi connectivity index (χ4n) is 2.49. The monoisotopic (exact) mass is 358 g/mol. The molecule has 6 heteroatoms. The molecule has 0 saturated carbocycles. The second-order valence-corrected chi connectivity index (χ2v) is 7.14. The third kappa shape index (κ3) is 5.32. The van der Waals surface area contributed by atoms with Gasteiger partial charge in [0, 0.05) is 23.6 Å². The molecule has 0 aliphatic rings. The van der Waals surface area contributed by atoms with Gasteiger partial charge in [-0.15, -0.1) is 11.8 Å². The van der Waals surface area contributed by atoms with Crippen LogP contribution in [0.3, 0.4) is 0 Å². The first kappa shape index (κ1) is 19.0. The van der Waals surface area contributed by atoms with Crippen LogP contribution < -0.4 is 5.32 Å². The summed E-state index contributed by atoms with van der Waals surface area (Å²) < 4.78 is 0. The standard InChI is InChI=1S/C19H22N2O3S/c1-13(2)17-6-4-5-14(3)19(17)20-18(22)12-25-11-15-7-9-16(10-8-15)21(23)24/h4-10,13H,11-12H2,1-3H3,(H,20,22). The largest absolute Gasteiger partial charge is 0.325 e. The summed E-state index contributed by atoms with van der Waals surface area (Å²) in [6.45, 7) is 6.20.